The van der Waals surface area contributed by atoms with Crippen LogP contribution in [0.1, 0.15) is 24.0 Å². The molecule has 19 heavy (non-hydrogen) atoms. The lowest BCUT2D eigenvalue weighted by molar-refractivity contribution is 0.307. The molecule has 0 radical (unpaired) electrons. The van der Waals surface area contributed by atoms with Crippen LogP contribution in [-0.2, 0) is 12.6 Å². The zero-order valence-corrected chi connectivity index (χ0v) is 12.4. The third-order valence-corrected chi connectivity index (χ3v) is 3.60. The Kier molecular flexibility index (Phi) is 5.91. The summed E-state index contributed by atoms with van der Waals surface area (Å²) in [5.74, 6) is 0.974. The van der Waals surface area contributed by atoms with Crippen molar-refractivity contribution in [1.82, 2.24) is 0 Å². The van der Waals surface area contributed by atoms with Gasteiger partial charge in [0.1, 0.15) is 5.75 Å². The van der Waals surface area contributed by atoms with Crippen molar-refractivity contribution in [1.29, 1.82) is 0 Å². The van der Waals surface area contributed by atoms with E-state index in [2.05, 4.69) is 63.8 Å². The maximum absolute atomic E-state index is 5.74. The van der Waals surface area contributed by atoms with E-state index in [4.69, 9.17) is 4.74 Å². The van der Waals surface area contributed by atoms with Crippen molar-refractivity contribution < 1.29 is 4.74 Å². The summed E-state index contributed by atoms with van der Waals surface area (Å²) in [6, 6.07) is 19.0. The minimum absolute atomic E-state index is 0.799. The molecule has 1 unspecified atom stereocenters. The van der Waals surface area contributed by atoms with Gasteiger partial charge in [-0.05, 0) is 48.7 Å². The second-order valence-corrected chi connectivity index (χ2v) is 5.05. The number of unbranched alkanes of at least 4 members (excludes halogenated alkanes) is 1. The number of rotatable bonds is 7. The van der Waals surface area contributed by atoms with Crippen LogP contribution < -0.4 is 4.74 Å². The fourth-order valence-electron chi connectivity index (χ4n) is 1.99. The maximum atomic E-state index is 5.74. The van der Waals surface area contributed by atoms with E-state index in [0.717, 1.165) is 31.4 Å². The number of hydrogen-bond donors (Lipinski definition) is 0. The van der Waals surface area contributed by atoms with E-state index in [9.17, 15) is 0 Å². The van der Waals surface area contributed by atoms with Gasteiger partial charge in [0.2, 0.25) is 0 Å². The summed E-state index contributed by atoms with van der Waals surface area (Å²) in [5.41, 5.74) is 2.73. The molecule has 2 rings (SSSR count). The average Bonchev–Trinajstić information content (AvgIpc) is 2.49. The molecular weight excluding hydrogens is 251 g/mol. The molecule has 0 amide bonds. The van der Waals surface area contributed by atoms with Crippen LogP contribution in [0.15, 0.2) is 54.6 Å². The maximum Gasteiger partial charge on any atom is 0.119 e. The van der Waals surface area contributed by atoms with Crippen molar-refractivity contribution in [2.45, 2.75) is 25.4 Å². The van der Waals surface area contributed by atoms with E-state index in [1.165, 1.54) is 17.5 Å². The lowest BCUT2D eigenvalue weighted by Gasteiger charge is -2.07. The number of aryl methyl sites for hydroxylation is 1. The fraction of sp³-hybridized carbons (Fsp3) is 0.294. The predicted molar refractivity (Wildman–Crippen MR) is 84.7 cm³/mol. The highest BCUT2D eigenvalue weighted by molar-refractivity contribution is 7.15. The molecule has 0 fully saturated rings. The van der Waals surface area contributed by atoms with Crippen molar-refractivity contribution in [2.75, 3.05) is 6.61 Å². The smallest absolute Gasteiger partial charge is 0.119 e. The molecule has 0 saturated heterocycles. The Bertz CT molecular complexity index is 464. The average molecular weight is 272 g/mol. The van der Waals surface area contributed by atoms with Gasteiger partial charge >= 0.3 is 0 Å². The largest absolute Gasteiger partial charge is 0.494 e. The Labute approximate surface area is 118 Å². The molecular formula is C17H21OP. The molecule has 0 N–H and O–H groups in total. The highest BCUT2D eigenvalue weighted by Gasteiger charge is 1.96. The summed E-state index contributed by atoms with van der Waals surface area (Å²) in [6.07, 6.45) is 4.40. The van der Waals surface area contributed by atoms with Crippen molar-refractivity contribution in [2.24, 2.45) is 0 Å². The summed E-state index contributed by atoms with van der Waals surface area (Å²) in [7, 11) is 2.73. The highest BCUT2D eigenvalue weighted by atomic mass is 31.0. The summed E-state index contributed by atoms with van der Waals surface area (Å²) in [6.45, 7) is 0.799. The van der Waals surface area contributed by atoms with Crippen molar-refractivity contribution in [3.05, 3.63) is 65.7 Å². The summed E-state index contributed by atoms with van der Waals surface area (Å²) >= 11 is 0. The van der Waals surface area contributed by atoms with Crippen LogP contribution >= 0.6 is 9.24 Å². The quantitative estimate of drug-likeness (QED) is 0.534. The van der Waals surface area contributed by atoms with Gasteiger partial charge in [0, 0.05) is 0 Å². The molecule has 0 aromatic heterocycles. The normalized spacial score (nSPS) is 10.4. The molecule has 0 aliphatic rings. The number of ether oxygens (including phenoxy) is 1. The van der Waals surface area contributed by atoms with E-state index in [0.29, 0.717) is 0 Å². The fourth-order valence-corrected chi connectivity index (χ4v) is 2.26. The van der Waals surface area contributed by atoms with Gasteiger partial charge in [-0.15, -0.1) is 9.24 Å². The van der Waals surface area contributed by atoms with Gasteiger partial charge in [0.05, 0.1) is 6.61 Å². The second-order valence-electron chi connectivity index (χ2n) is 4.64. The first-order valence-corrected chi connectivity index (χ1v) is 7.66. The lowest BCUT2D eigenvalue weighted by Crippen LogP contribution is -1.98. The molecule has 0 bridgehead atoms. The number of hydrogen-bond acceptors (Lipinski definition) is 1. The van der Waals surface area contributed by atoms with Crippen LogP contribution in [0.5, 0.6) is 5.75 Å². The Balaban J connectivity index is 1.63. The van der Waals surface area contributed by atoms with E-state index >= 15 is 0 Å². The Morgan fingerprint density at radius 1 is 0.789 bits per heavy atom. The molecule has 100 valence electrons. The van der Waals surface area contributed by atoms with E-state index < -0.39 is 0 Å². The van der Waals surface area contributed by atoms with Gasteiger partial charge in [-0.25, -0.2) is 0 Å². The third kappa shape index (κ3) is 5.04. The zero-order chi connectivity index (χ0) is 13.3. The van der Waals surface area contributed by atoms with Gasteiger partial charge in [0.15, 0.2) is 0 Å². The summed E-state index contributed by atoms with van der Waals surface area (Å²) in [5, 5.41) is 0. The Morgan fingerprint density at radius 2 is 1.53 bits per heavy atom. The van der Waals surface area contributed by atoms with E-state index in [1.807, 2.05) is 0 Å². The molecule has 0 saturated carbocycles. The topological polar surface area (TPSA) is 9.23 Å². The predicted octanol–water partition coefficient (Wildman–Crippen LogP) is 4.46. The van der Waals surface area contributed by atoms with Crippen LogP contribution in [0.3, 0.4) is 0 Å². The minimum atomic E-state index is 0.799. The Hall–Kier alpha value is -1.33. The molecule has 2 heteroatoms. The molecule has 1 atom stereocenters. The standard InChI is InChI=1S/C17H21OP/c19-14-16-9-11-17(12-10-16)18-13-5-4-8-15-6-2-1-3-7-15/h1-3,6-7,9-12H,4-5,8,13-14,19H2. The summed E-state index contributed by atoms with van der Waals surface area (Å²) < 4.78 is 5.74. The van der Waals surface area contributed by atoms with E-state index in [1.54, 1.807) is 0 Å². The zero-order valence-electron chi connectivity index (χ0n) is 11.2. The monoisotopic (exact) mass is 272 g/mol. The van der Waals surface area contributed by atoms with Gasteiger partial charge in [-0.2, -0.15) is 0 Å². The molecule has 0 aliphatic carbocycles. The first kappa shape index (κ1) is 14.1. The third-order valence-electron chi connectivity index (χ3n) is 3.13. The van der Waals surface area contributed by atoms with Crippen LogP contribution in [-0.4, -0.2) is 6.61 Å². The van der Waals surface area contributed by atoms with Gasteiger partial charge in [-0.1, -0.05) is 42.5 Å². The molecule has 2 aromatic rings. The van der Waals surface area contributed by atoms with Crippen LogP contribution in [0.25, 0.3) is 0 Å². The molecule has 1 nitrogen and oxygen atoms in total. The summed E-state index contributed by atoms with van der Waals surface area (Å²) in [4.78, 5) is 0. The van der Waals surface area contributed by atoms with Gasteiger partial charge < -0.3 is 4.74 Å². The molecule has 0 heterocycles. The van der Waals surface area contributed by atoms with Crippen LogP contribution in [0, 0.1) is 0 Å². The Morgan fingerprint density at radius 3 is 2.21 bits per heavy atom. The highest BCUT2D eigenvalue weighted by Crippen LogP contribution is 2.14. The number of benzene rings is 2. The SMILES string of the molecule is PCc1ccc(OCCCCc2ccccc2)cc1. The van der Waals surface area contributed by atoms with Crippen molar-refractivity contribution >= 4 is 9.24 Å². The van der Waals surface area contributed by atoms with Crippen LogP contribution in [0.4, 0.5) is 0 Å². The van der Waals surface area contributed by atoms with Crippen molar-refractivity contribution in [3.63, 3.8) is 0 Å². The van der Waals surface area contributed by atoms with Crippen LogP contribution in [0.2, 0.25) is 0 Å². The molecule has 0 aliphatic heterocycles. The lowest BCUT2D eigenvalue weighted by atomic mass is 10.1. The molecule has 0 spiro atoms. The van der Waals surface area contributed by atoms with E-state index in [-0.39, 0.29) is 0 Å². The van der Waals surface area contributed by atoms with Crippen molar-refractivity contribution in [3.8, 4) is 5.75 Å². The van der Waals surface area contributed by atoms with Gasteiger partial charge in [0.25, 0.3) is 0 Å². The molecule has 2 aromatic carbocycles. The second kappa shape index (κ2) is 7.96. The minimum Gasteiger partial charge on any atom is -0.494 e. The first-order valence-electron chi connectivity index (χ1n) is 6.84. The first-order chi connectivity index (χ1) is 9.38. The van der Waals surface area contributed by atoms with Gasteiger partial charge in [-0.3, -0.25) is 0 Å².